The van der Waals surface area contributed by atoms with Gasteiger partial charge in [0, 0.05) is 19.0 Å². The smallest absolute Gasteiger partial charge is 0.306 e. The molecule has 5 nitrogen and oxygen atoms in total. The number of nitrogens with two attached hydrogens (primary N) is 1. The van der Waals surface area contributed by atoms with Crippen molar-refractivity contribution in [3.05, 3.63) is 77.0 Å². The van der Waals surface area contributed by atoms with Gasteiger partial charge < -0.3 is 15.6 Å². The molecule has 0 spiro atoms. The summed E-state index contributed by atoms with van der Waals surface area (Å²) in [5, 5.41) is 9.23. The number of hydrogen-bond acceptors (Lipinski definition) is 4. The zero-order chi connectivity index (χ0) is 22.5. The molecule has 0 bridgehead atoms. The summed E-state index contributed by atoms with van der Waals surface area (Å²) in [6.07, 6.45) is 0.145. The van der Waals surface area contributed by atoms with Crippen LogP contribution in [0.4, 0.5) is 8.78 Å². The molecule has 1 aromatic heterocycles. The molecule has 3 N–H and O–H groups in total. The van der Waals surface area contributed by atoms with Crippen molar-refractivity contribution in [1.29, 1.82) is 0 Å². The Labute approximate surface area is 179 Å². The largest absolute Gasteiger partial charge is 0.481 e. The number of halogens is 2. The number of carbonyl (C=O) groups is 1. The van der Waals surface area contributed by atoms with Crippen LogP contribution < -0.4 is 10.5 Å². The Morgan fingerprint density at radius 3 is 2.58 bits per heavy atom. The third kappa shape index (κ3) is 5.44. The number of carboxylic acids is 1. The molecule has 1 heterocycles. The minimum Gasteiger partial charge on any atom is -0.481 e. The maximum Gasteiger partial charge on any atom is 0.306 e. The SMILES string of the molecule is CC[C@@H](Cc1nc(Oc2cc(C)cc(-c3cccc(CN)c3)c2)c(F)cc1F)C(=O)O. The molecule has 1 atom stereocenters. The van der Waals surface area contributed by atoms with Gasteiger partial charge >= 0.3 is 5.97 Å². The number of benzene rings is 2. The van der Waals surface area contributed by atoms with Gasteiger partial charge in [-0.1, -0.05) is 31.2 Å². The third-order valence-corrected chi connectivity index (χ3v) is 5.01. The van der Waals surface area contributed by atoms with E-state index in [9.17, 15) is 18.7 Å². The number of pyridine rings is 1. The molecule has 0 aliphatic rings. The molecule has 0 aliphatic carbocycles. The van der Waals surface area contributed by atoms with Crippen LogP contribution >= 0.6 is 0 Å². The summed E-state index contributed by atoms with van der Waals surface area (Å²) >= 11 is 0. The lowest BCUT2D eigenvalue weighted by Crippen LogP contribution is -2.17. The van der Waals surface area contributed by atoms with Crippen LogP contribution in [0.2, 0.25) is 0 Å². The van der Waals surface area contributed by atoms with Gasteiger partial charge in [0.25, 0.3) is 5.88 Å². The highest BCUT2D eigenvalue weighted by molar-refractivity contribution is 5.70. The standard InChI is InChI=1S/C24H24F2N2O3/c1-3-16(24(29)30)11-22-20(25)12-21(26)23(28-22)31-19-8-14(2)7-18(10-19)17-6-4-5-15(9-17)13-27/h4-10,12,16H,3,11,13,27H2,1-2H3,(H,29,30)/t16-/m0/s1. The van der Waals surface area contributed by atoms with E-state index in [1.807, 2.05) is 37.3 Å². The Balaban J connectivity index is 1.94. The number of aliphatic carboxylic acids is 1. The fourth-order valence-electron chi connectivity index (χ4n) is 3.30. The highest BCUT2D eigenvalue weighted by Gasteiger charge is 2.21. The van der Waals surface area contributed by atoms with Crippen molar-refractivity contribution in [2.75, 3.05) is 0 Å². The van der Waals surface area contributed by atoms with Crippen LogP contribution in [0.25, 0.3) is 11.1 Å². The van der Waals surface area contributed by atoms with E-state index in [-0.39, 0.29) is 12.1 Å². The summed E-state index contributed by atoms with van der Waals surface area (Å²) in [7, 11) is 0. The molecule has 2 aromatic carbocycles. The molecule has 0 fully saturated rings. The number of rotatable bonds is 8. The molecular weight excluding hydrogens is 402 g/mol. The normalized spacial score (nSPS) is 11.9. The van der Waals surface area contributed by atoms with Gasteiger partial charge in [-0.15, -0.1) is 0 Å². The molecule has 3 rings (SSSR count). The summed E-state index contributed by atoms with van der Waals surface area (Å²) < 4.78 is 34.2. The van der Waals surface area contributed by atoms with Crippen molar-refractivity contribution in [3.63, 3.8) is 0 Å². The first-order valence-electron chi connectivity index (χ1n) is 9.97. The molecular formula is C24H24F2N2O3. The summed E-state index contributed by atoms with van der Waals surface area (Å²) in [6, 6.07) is 13.8. The highest BCUT2D eigenvalue weighted by Crippen LogP contribution is 2.31. The van der Waals surface area contributed by atoms with Crippen molar-refractivity contribution < 1.29 is 23.4 Å². The first kappa shape index (κ1) is 22.4. The van der Waals surface area contributed by atoms with Crippen molar-refractivity contribution in [1.82, 2.24) is 4.98 Å². The Kier molecular flexibility index (Phi) is 6.97. The molecule has 0 amide bonds. The maximum absolute atomic E-state index is 14.4. The molecule has 0 saturated heterocycles. The van der Waals surface area contributed by atoms with Crippen LogP contribution in [0.3, 0.4) is 0 Å². The lowest BCUT2D eigenvalue weighted by atomic mass is 10.00. The minimum absolute atomic E-state index is 0.144. The number of aryl methyl sites for hydroxylation is 1. The number of aromatic nitrogens is 1. The quantitative estimate of drug-likeness (QED) is 0.515. The maximum atomic E-state index is 14.4. The number of hydrogen-bond donors (Lipinski definition) is 2. The van der Waals surface area contributed by atoms with Gasteiger partial charge in [0.2, 0.25) is 0 Å². The van der Waals surface area contributed by atoms with E-state index in [0.717, 1.165) is 22.3 Å². The van der Waals surface area contributed by atoms with Crippen LogP contribution in [-0.2, 0) is 17.8 Å². The number of ether oxygens (including phenoxy) is 1. The summed E-state index contributed by atoms with van der Waals surface area (Å²) in [5.74, 6) is -3.79. The monoisotopic (exact) mass is 426 g/mol. The van der Waals surface area contributed by atoms with Gasteiger partial charge in [0.15, 0.2) is 5.82 Å². The Morgan fingerprint density at radius 1 is 1.13 bits per heavy atom. The highest BCUT2D eigenvalue weighted by atomic mass is 19.1. The zero-order valence-electron chi connectivity index (χ0n) is 17.4. The van der Waals surface area contributed by atoms with Crippen molar-refractivity contribution in [3.8, 4) is 22.8 Å². The Morgan fingerprint density at radius 2 is 1.90 bits per heavy atom. The lowest BCUT2D eigenvalue weighted by Gasteiger charge is -2.13. The van der Waals surface area contributed by atoms with Gasteiger partial charge in [-0.25, -0.2) is 13.8 Å². The fourth-order valence-corrected chi connectivity index (χ4v) is 3.30. The van der Waals surface area contributed by atoms with Crippen molar-refractivity contribution in [2.45, 2.75) is 33.2 Å². The molecule has 7 heteroatoms. The zero-order valence-corrected chi connectivity index (χ0v) is 17.4. The first-order chi connectivity index (χ1) is 14.8. The number of nitrogens with zero attached hydrogens (tertiary/aromatic N) is 1. The van der Waals surface area contributed by atoms with E-state index in [4.69, 9.17) is 10.5 Å². The minimum atomic E-state index is -1.06. The van der Waals surface area contributed by atoms with Crippen LogP contribution in [0, 0.1) is 24.5 Å². The molecule has 31 heavy (non-hydrogen) atoms. The van der Waals surface area contributed by atoms with Gasteiger partial charge in [-0.05, 0) is 53.8 Å². The Bertz CT molecular complexity index is 1100. The van der Waals surface area contributed by atoms with Gasteiger partial charge in [0.1, 0.15) is 11.6 Å². The van der Waals surface area contributed by atoms with Gasteiger partial charge in [0.05, 0.1) is 11.6 Å². The van der Waals surface area contributed by atoms with E-state index in [2.05, 4.69) is 4.98 Å². The van der Waals surface area contributed by atoms with E-state index >= 15 is 0 Å². The van der Waals surface area contributed by atoms with E-state index in [1.165, 1.54) is 0 Å². The Hall–Kier alpha value is -3.32. The average molecular weight is 426 g/mol. The van der Waals surface area contributed by atoms with Gasteiger partial charge in [-0.2, -0.15) is 0 Å². The molecule has 0 unspecified atom stereocenters. The average Bonchev–Trinajstić information content (AvgIpc) is 2.74. The number of carboxylic acid groups (broad SMARTS) is 1. The molecule has 0 saturated carbocycles. The van der Waals surface area contributed by atoms with Crippen LogP contribution in [0.5, 0.6) is 11.6 Å². The van der Waals surface area contributed by atoms with Crippen LogP contribution in [0.15, 0.2) is 48.5 Å². The van der Waals surface area contributed by atoms with E-state index in [1.54, 1.807) is 19.1 Å². The molecule has 0 aliphatic heterocycles. The van der Waals surface area contributed by atoms with Crippen molar-refractivity contribution in [2.24, 2.45) is 11.7 Å². The second-order valence-corrected chi connectivity index (χ2v) is 7.39. The second-order valence-electron chi connectivity index (χ2n) is 7.39. The fraction of sp³-hybridized carbons (Fsp3) is 0.250. The second kappa shape index (κ2) is 9.66. The van der Waals surface area contributed by atoms with Crippen molar-refractivity contribution >= 4 is 5.97 Å². The molecule has 3 aromatic rings. The summed E-state index contributed by atoms with van der Waals surface area (Å²) in [5.41, 5.74) is 9.21. The molecule has 162 valence electrons. The predicted octanol–water partition coefficient (Wildman–Crippen LogP) is 5.24. The van der Waals surface area contributed by atoms with Crippen LogP contribution in [-0.4, -0.2) is 16.1 Å². The lowest BCUT2D eigenvalue weighted by molar-refractivity contribution is -0.141. The first-order valence-corrected chi connectivity index (χ1v) is 9.97. The summed E-state index contributed by atoms with van der Waals surface area (Å²) in [6.45, 7) is 3.97. The van der Waals surface area contributed by atoms with E-state index in [0.29, 0.717) is 24.8 Å². The van der Waals surface area contributed by atoms with E-state index < -0.39 is 29.4 Å². The van der Waals surface area contributed by atoms with Gasteiger partial charge in [-0.3, -0.25) is 4.79 Å². The topological polar surface area (TPSA) is 85.4 Å². The molecule has 0 radical (unpaired) electrons. The third-order valence-electron chi connectivity index (χ3n) is 5.01. The van der Waals surface area contributed by atoms with Crippen LogP contribution in [0.1, 0.15) is 30.2 Å². The predicted molar refractivity (Wildman–Crippen MR) is 114 cm³/mol. The summed E-state index contributed by atoms with van der Waals surface area (Å²) in [4.78, 5) is 15.2.